The molecule has 4 heteroatoms. The Morgan fingerprint density at radius 1 is 1.55 bits per heavy atom. The molecule has 0 aromatic rings. The summed E-state index contributed by atoms with van der Waals surface area (Å²) in [4.78, 5) is 3.88. The normalized spacial score (nSPS) is 12.5. The van der Waals surface area contributed by atoms with Crippen LogP contribution in [0.15, 0.2) is 4.99 Å². The highest BCUT2D eigenvalue weighted by atomic mass is 15.0. The maximum absolute atomic E-state index is 5.16. The first-order chi connectivity index (χ1) is 5.16. The Balaban J connectivity index is 3.31. The molecule has 0 saturated heterocycles. The summed E-state index contributed by atoms with van der Waals surface area (Å²) in [7, 11) is 0. The van der Waals surface area contributed by atoms with Crippen molar-refractivity contribution in [1.82, 2.24) is 5.32 Å². The predicted octanol–water partition coefficient (Wildman–Crippen LogP) is -0.352. The first-order valence-corrected chi connectivity index (χ1v) is 3.95. The van der Waals surface area contributed by atoms with Crippen LogP contribution in [0.2, 0.25) is 0 Å². The van der Waals surface area contributed by atoms with Crippen molar-refractivity contribution in [3.8, 4) is 0 Å². The highest BCUT2D eigenvalue weighted by Crippen LogP contribution is 1.89. The molecule has 0 saturated carbocycles. The summed E-state index contributed by atoms with van der Waals surface area (Å²) >= 11 is 0. The molecule has 0 aromatic carbocycles. The number of hydrogen-bond acceptors (Lipinski definition) is 2. The summed E-state index contributed by atoms with van der Waals surface area (Å²) in [5.74, 6) is 0.175. The summed E-state index contributed by atoms with van der Waals surface area (Å²) in [5, 5.41) is 3.27. The third-order valence-corrected chi connectivity index (χ3v) is 1.41. The Bertz CT molecular complexity index is 118. The van der Waals surface area contributed by atoms with Gasteiger partial charge in [-0.25, -0.2) is 0 Å². The van der Waals surface area contributed by atoms with Crippen molar-refractivity contribution >= 4 is 5.96 Å². The SMILES string of the molecule is CCN[C@H](C)CCN=C(N)N. The van der Waals surface area contributed by atoms with Crippen molar-refractivity contribution in [2.24, 2.45) is 16.5 Å². The van der Waals surface area contributed by atoms with Crippen LogP contribution in [-0.2, 0) is 0 Å². The lowest BCUT2D eigenvalue weighted by molar-refractivity contribution is 0.537. The van der Waals surface area contributed by atoms with Crippen molar-refractivity contribution in [1.29, 1.82) is 0 Å². The molecule has 5 N–H and O–H groups in total. The summed E-state index contributed by atoms with van der Waals surface area (Å²) in [6.45, 7) is 5.89. The van der Waals surface area contributed by atoms with Gasteiger partial charge in [0, 0.05) is 12.6 Å². The van der Waals surface area contributed by atoms with Crippen molar-refractivity contribution < 1.29 is 0 Å². The molecule has 0 bridgehead atoms. The molecule has 0 fully saturated rings. The monoisotopic (exact) mass is 158 g/mol. The Hall–Kier alpha value is -0.770. The molecule has 66 valence electrons. The molecular formula is C7H18N4. The molecular weight excluding hydrogens is 140 g/mol. The topological polar surface area (TPSA) is 76.4 Å². The largest absolute Gasteiger partial charge is 0.370 e. The predicted molar refractivity (Wildman–Crippen MR) is 48.4 cm³/mol. The molecule has 0 spiro atoms. The van der Waals surface area contributed by atoms with E-state index in [0.717, 1.165) is 13.0 Å². The quantitative estimate of drug-likeness (QED) is 0.378. The maximum atomic E-state index is 5.16. The molecule has 0 unspecified atom stereocenters. The molecule has 11 heavy (non-hydrogen) atoms. The van der Waals surface area contributed by atoms with Crippen LogP contribution < -0.4 is 16.8 Å². The zero-order chi connectivity index (χ0) is 8.69. The highest BCUT2D eigenvalue weighted by molar-refractivity contribution is 5.75. The van der Waals surface area contributed by atoms with E-state index in [9.17, 15) is 0 Å². The van der Waals surface area contributed by atoms with Crippen LogP contribution in [0.1, 0.15) is 20.3 Å². The lowest BCUT2D eigenvalue weighted by atomic mass is 10.2. The van der Waals surface area contributed by atoms with Gasteiger partial charge in [0.25, 0.3) is 0 Å². The van der Waals surface area contributed by atoms with Crippen LogP contribution in [0.4, 0.5) is 0 Å². The fraction of sp³-hybridized carbons (Fsp3) is 0.857. The van der Waals surface area contributed by atoms with Gasteiger partial charge >= 0.3 is 0 Å². The van der Waals surface area contributed by atoms with Gasteiger partial charge in [0.05, 0.1) is 0 Å². The molecule has 1 atom stereocenters. The molecule has 0 aromatic heterocycles. The van der Waals surface area contributed by atoms with Crippen LogP contribution in [-0.4, -0.2) is 25.1 Å². The van der Waals surface area contributed by atoms with Crippen molar-refractivity contribution in [3.05, 3.63) is 0 Å². The van der Waals surface area contributed by atoms with E-state index in [1.54, 1.807) is 0 Å². The Kier molecular flexibility index (Phi) is 5.56. The number of nitrogens with zero attached hydrogens (tertiary/aromatic N) is 1. The Morgan fingerprint density at radius 2 is 2.18 bits per heavy atom. The van der Waals surface area contributed by atoms with E-state index >= 15 is 0 Å². The van der Waals surface area contributed by atoms with E-state index in [2.05, 4.69) is 24.2 Å². The molecule has 0 heterocycles. The average molecular weight is 158 g/mol. The third-order valence-electron chi connectivity index (χ3n) is 1.41. The van der Waals surface area contributed by atoms with Gasteiger partial charge in [0.1, 0.15) is 0 Å². The van der Waals surface area contributed by atoms with E-state index in [-0.39, 0.29) is 5.96 Å². The van der Waals surface area contributed by atoms with E-state index in [1.165, 1.54) is 0 Å². The zero-order valence-corrected chi connectivity index (χ0v) is 7.30. The average Bonchev–Trinajstić information content (AvgIpc) is 1.87. The number of nitrogens with one attached hydrogen (secondary N) is 1. The summed E-state index contributed by atoms with van der Waals surface area (Å²) in [6.07, 6.45) is 0.978. The Labute approximate surface area is 68.1 Å². The van der Waals surface area contributed by atoms with E-state index in [1.807, 2.05) is 0 Å². The van der Waals surface area contributed by atoms with E-state index in [0.29, 0.717) is 12.6 Å². The number of nitrogens with two attached hydrogens (primary N) is 2. The van der Waals surface area contributed by atoms with E-state index in [4.69, 9.17) is 11.5 Å². The minimum Gasteiger partial charge on any atom is -0.370 e. The first-order valence-electron chi connectivity index (χ1n) is 3.95. The van der Waals surface area contributed by atoms with Crippen LogP contribution in [0, 0.1) is 0 Å². The van der Waals surface area contributed by atoms with Crippen molar-refractivity contribution in [2.45, 2.75) is 26.3 Å². The zero-order valence-electron chi connectivity index (χ0n) is 7.30. The number of aliphatic imine (C=N–C) groups is 1. The second-order valence-electron chi connectivity index (χ2n) is 2.55. The lowest BCUT2D eigenvalue weighted by Gasteiger charge is -2.09. The van der Waals surface area contributed by atoms with Gasteiger partial charge in [0.2, 0.25) is 0 Å². The summed E-state index contributed by atoms with van der Waals surface area (Å²) in [6, 6.07) is 0.489. The lowest BCUT2D eigenvalue weighted by Crippen LogP contribution is -2.27. The molecule has 0 aliphatic heterocycles. The smallest absolute Gasteiger partial charge is 0.185 e. The van der Waals surface area contributed by atoms with Crippen molar-refractivity contribution in [3.63, 3.8) is 0 Å². The van der Waals surface area contributed by atoms with Crippen LogP contribution in [0.3, 0.4) is 0 Å². The third kappa shape index (κ3) is 7.12. The fourth-order valence-electron chi connectivity index (χ4n) is 0.838. The van der Waals surface area contributed by atoms with Gasteiger partial charge in [-0.2, -0.15) is 0 Å². The second-order valence-corrected chi connectivity index (χ2v) is 2.55. The number of rotatable bonds is 5. The number of guanidine groups is 1. The van der Waals surface area contributed by atoms with Crippen LogP contribution >= 0.6 is 0 Å². The van der Waals surface area contributed by atoms with Gasteiger partial charge in [-0.05, 0) is 19.9 Å². The summed E-state index contributed by atoms with van der Waals surface area (Å²) in [5.41, 5.74) is 10.3. The van der Waals surface area contributed by atoms with Gasteiger partial charge in [-0.1, -0.05) is 6.92 Å². The highest BCUT2D eigenvalue weighted by Gasteiger charge is 1.96. The molecule has 0 aliphatic carbocycles. The maximum Gasteiger partial charge on any atom is 0.185 e. The van der Waals surface area contributed by atoms with Gasteiger partial charge in [-0.15, -0.1) is 0 Å². The molecule has 0 radical (unpaired) electrons. The molecule has 0 amide bonds. The fourth-order valence-corrected chi connectivity index (χ4v) is 0.838. The van der Waals surface area contributed by atoms with Crippen LogP contribution in [0.25, 0.3) is 0 Å². The van der Waals surface area contributed by atoms with Gasteiger partial charge < -0.3 is 16.8 Å². The standard InChI is InChI=1S/C7H18N4/c1-3-10-6(2)4-5-11-7(8)9/h6,10H,3-5H2,1-2H3,(H4,8,9,11)/t6-/m1/s1. The molecule has 4 nitrogen and oxygen atoms in total. The Morgan fingerprint density at radius 3 is 2.64 bits per heavy atom. The molecule has 0 aliphatic rings. The minimum absolute atomic E-state index is 0.175. The van der Waals surface area contributed by atoms with Crippen LogP contribution in [0.5, 0.6) is 0 Å². The summed E-state index contributed by atoms with van der Waals surface area (Å²) < 4.78 is 0. The van der Waals surface area contributed by atoms with Gasteiger partial charge in [0.15, 0.2) is 5.96 Å². The first kappa shape index (κ1) is 10.2. The minimum atomic E-state index is 0.175. The second kappa shape index (κ2) is 5.97. The van der Waals surface area contributed by atoms with Crippen molar-refractivity contribution in [2.75, 3.05) is 13.1 Å². The molecule has 0 rings (SSSR count). The number of hydrogen-bond donors (Lipinski definition) is 3. The van der Waals surface area contributed by atoms with Gasteiger partial charge in [-0.3, -0.25) is 4.99 Å². The van der Waals surface area contributed by atoms with E-state index < -0.39 is 0 Å².